The molecule has 3 aliphatic heterocycles. The molecule has 0 radical (unpaired) electrons. The minimum Gasteiger partial charge on any atom is -0.381 e. The molecule has 1 amide bonds. The first-order valence-electron chi connectivity index (χ1n) is 8.04. The Labute approximate surface area is 135 Å². The standard InChI is InChI=1S/C15H25NO3S2/c17-15(14-11-20-9-10-21-14)16-5-1-12(2-6-16)19-13-3-7-18-8-4-13/h12-14H,1-11H2/t14-/m0/s1. The highest BCUT2D eigenvalue weighted by Gasteiger charge is 2.31. The summed E-state index contributed by atoms with van der Waals surface area (Å²) < 4.78 is 11.5. The number of carbonyl (C=O) groups excluding carboxylic acids is 1. The predicted octanol–water partition coefficient (Wildman–Crippen LogP) is 2.02. The number of rotatable bonds is 3. The van der Waals surface area contributed by atoms with Crippen LogP contribution in [0.4, 0.5) is 0 Å². The number of nitrogens with zero attached hydrogens (tertiary/aromatic N) is 1. The Kier molecular flexibility index (Phi) is 6.15. The molecule has 6 heteroatoms. The van der Waals surface area contributed by atoms with E-state index in [2.05, 4.69) is 4.90 Å². The summed E-state index contributed by atoms with van der Waals surface area (Å²) in [5.74, 6) is 3.65. The lowest BCUT2D eigenvalue weighted by Crippen LogP contribution is -2.46. The molecule has 0 aliphatic carbocycles. The minimum absolute atomic E-state index is 0.191. The second kappa shape index (κ2) is 8.09. The molecular formula is C15H25NO3S2. The molecule has 21 heavy (non-hydrogen) atoms. The highest BCUT2D eigenvalue weighted by molar-refractivity contribution is 8.07. The van der Waals surface area contributed by atoms with Crippen LogP contribution in [-0.4, -0.2) is 71.8 Å². The van der Waals surface area contributed by atoms with Crippen LogP contribution in [0.5, 0.6) is 0 Å². The van der Waals surface area contributed by atoms with E-state index < -0.39 is 0 Å². The largest absolute Gasteiger partial charge is 0.381 e. The smallest absolute Gasteiger partial charge is 0.236 e. The van der Waals surface area contributed by atoms with Crippen LogP contribution in [0, 0.1) is 0 Å². The van der Waals surface area contributed by atoms with Gasteiger partial charge in [-0.1, -0.05) is 0 Å². The normalized spacial score (nSPS) is 29.5. The molecule has 0 unspecified atom stereocenters. The number of thioether (sulfide) groups is 2. The third-order valence-electron chi connectivity index (χ3n) is 4.40. The summed E-state index contributed by atoms with van der Waals surface area (Å²) in [6, 6.07) is 0. The SMILES string of the molecule is O=C([C@@H]1CSCCS1)N1CCC(OC2CCOCC2)CC1. The van der Waals surface area contributed by atoms with Crippen molar-refractivity contribution in [3.8, 4) is 0 Å². The van der Waals surface area contributed by atoms with Gasteiger partial charge in [0.05, 0.1) is 17.5 Å². The number of hydrogen-bond donors (Lipinski definition) is 0. The van der Waals surface area contributed by atoms with Gasteiger partial charge < -0.3 is 14.4 Å². The van der Waals surface area contributed by atoms with Crippen molar-refractivity contribution in [1.29, 1.82) is 0 Å². The zero-order chi connectivity index (χ0) is 14.5. The van der Waals surface area contributed by atoms with Crippen LogP contribution in [-0.2, 0) is 14.3 Å². The summed E-state index contributed by atoms with van der Waals surface area (Å²) in [7, 11) is 0. The van der Waals surface area contributed by atoms with Crippen LogP contribution in [0.3, 0.4) is 0 Å². The van der Waals surface area contributed by atoms with Crippen molar-refractivity contribution in [1.82, 2.24) is 4.90 Å². The van der Waals surface area contributed by atoms with Gasteiger partial charge in [-0.2, -0.15) is 11.8 Å². The van der Waals surface area contributed by atoms with E-state index in [0.717, 1.165) is 63.5 Å². The van der Waals surface area contributed by atoms with E-state index in [9.17, 15) is 4.79 Å². The van der Waals surface area contributed by atoms with Crippen molar-refractivity contribution in [2.45, 2.75) is 43.1 Å². The lowest BCUT2D eigenvalue weighted by Gasteiger charge is -2.36. The van der Waals surface area contributed by atoms with E-state index in [1.165, 1.54) is 5.75 Å². The number of amides is 1. The van der Waals surface area contributed by atoms with Gasteiger partial charge in [0, 0.05) is 43.6 Å². The average Bonchev–Trinajstić information content (AvgIpc) is 2.57. The van der Waals surface area contributed by atoms with Crippen LogP contribution in [0.1, 0.15) is 25.7 Å². The Hall–Kier alpha value is 0.0900. The van der Waals surface area contributed by atoms with Gasteiger partial charge in [-0.15, -0.1) is 11.8 Å². The maximum Gasteiger partial charge on any atom is 0.236 e. The van der Waals surface area contributed by atoms with Gasteiger partial charge in [0.2, 0.25) is 5.91 Å². The lowest BCUT2D eigenvalue weighted by atomic mass is 10.1. The maximum atomic E-state index is 12.5. The van der Waals surface area contributed by atoms with Crippen LogP contribution >= 0.6 is 23.5 Å². The first-order valence-corrected chi connectivity index (χ1v) is 10.2. The Morgan fingerprint density at radius 1 is 1.05 bits per heavy atom. The molecular weight excluding hydrogens is 306 g/mol. The first kappa shape index (κ1) is 16.0. The molecule has 0 spiro atoms. The second-order valence-electron chi connectivity index (χ2n) is 5.91. The summed E-state index contributed by atoms with van der Waals surface area (Å²) in [5.41, 5.74) is 0. The average molecular weight is 332 g/mol. The monoisotopic (exact) mass is 331 g/mol. The molecule has 3 aliphatic rings. The Bertz CT molecular complexity index is 336. The summed E-state index contributed by atoms with van der Waals surface area (Å²) in [4.78, 5) is 14.5. The predicted molar refractivity (Wildman–Crippen MR) is 88.1 cm³/mol. The summed E-state index contributed by atoms with van der Waals surface area (Å²) in [5, 5.41) is 0.191. The fraction of sp³-hybridized carbons (Fsp3) is 0.933. The summed E-state index contributed by atoms with van der Waals surface area (Å²) >= 11 is 3.75. The number of piperidine rings is 1. The highest BCUT2D eigenvalue weighted by atomic mass is 32.2. The van der Waals surface area contributed by atoms with Gasteiger partial charge in [0.15, 0.2) is 0 Å². The quantitative estimate of drug-likeness (QED) is 0.791. The summed E-state index contributed by atoms with van der Waals surface area (Å²) in [6.07, 6.45) is 4.74. The van der Waals surface area contributed by atoms with Crippen LogP contribution in [0.2, 0.25) is 0 Å². The van der Waals surface area contributed by atoms with E-state index in [1.807, 2.05) is 23.5 Å². The molecule has 0 aromatic rings. The maximum absolute atomic E-state index is 12.5. The number of hydrogen-bond acceptors (Lipinski definition) is 5. The molecule has 0 aromatic carbocycles. The molecule has 3 rings (SSSR count). The van der Waals surface area contributed by atoms with Gasteiger partial charge in [0.1, 0.15) is 0 Å². The fourth-order valence-electron chi connectivity index (χ4n) is 3.13. The Morgan fingerprint density at radius 2 is 1.76 bits per heavy atom. The van der Waals surface area contributed by atoms with Crippen molar-refractivity contribution in [2.75, 3.05) is 43.6 Å². The van der Waals surface area contributed by atoms with Gasteiger partial charge in [-0.3, -0.25) is 4.79 Å². The third-order valence-corrected chi connectivity index (χ3v) is 7.14. The van der Waals surface area contributed by atoms with Gasteiger partial charge in [-0.05, 0) is 25.7 Å². The van der Waals surface area contributed by atoms with Crippen LogP contribution in [0.15, 0.2) is 0 Å². The van der Waals surface area contributed by atoms with Crippen molar-refractivity contribution in [2.24, 2.45) is 0 Å². The molecule has 0 N–H and O–H groups in total. The zero-order valence-corrected chi connectivity index (χ0v) is 14.1. The molecule has 3 heterocycles. The highest BCUT2D eigenvalue weighted by Crippen LogP contribution is 2.27. The van der Waals surface area contributed by atoms with Crippen molar-refractivity contribution in [3.05, 3.63) is 0 Å². The van der Waals surface area contributed by atoms with Crippen molar-refractivity contribution in [3.63, 3.8) is 0 Å². The van der Waals surface area contributed by atoms with Crippen molar-refractivity contribution < 1.29 is 14.3 Å². The topological polar surface area (TPSA) is 38.8 Å². The molecule has 1 atom stereocenters. The number of carbonyl (C=O) groups is 1. The molecule has 3 fully saturated rings. The fourth-order valence-corrected chi connectivity index (χ4v) is 5.76. The van der Waals surface area contributed by atoms with E-state index in [0.29, 0.717) is 18.1 Å². The van der Waals surface area contributed by atoms with E-state index in [1.54, 1.807) is 0 Å². The van der Waals surface area contributed by atoms with Gasteiger partial charge >= 0.3 is 0 Å². The number of likely N-dealkylation sites (tertiary alicyclic amines) is 1. The number of ether oxygens (including phenoxy) is 2. The first-order chi connectivity index (χ1) is 10.3. The van der Waals surface area contributed by atoms with Crippen LogP contribution in [0.25, 0.3) is 0 Å². The Morgan fingerprint density at radius 3 is 2.43 bits per heavy atom. The summed E-state index contributed by atoms with van der Waals surface area (Å²) in [6.45, 7) is 3.40. The zero-order valence-electron chi connectivity index (χ0n) is 12.5. The molecule has 120 valence electrons. The molecule has 0 bridgehead atoms. The molecule has 0 aromatic heterocycles. The van der Waals surface area contributed by atoms with E-state index in [4.69, 9.17) is 9.47 Å². The second-order valence-corrected chi connectivity index (χ2v) is 8.37. The Balaban J connectivity index is 1.40. The molecule has 4 nitrogen and oxygen atoms in total. The lowest BCUT2D eigenvalue weighted by molar-refractivity contribution is -0.134. The van der Waals surface area contributed by atoms with E-state index in [-0.39, 0.29) is 5.25 Å². The molecule has 3 saturated heterocycles. The van der Waals surface area contributed by atoms with Gasteiger partial charge in [0.25, 0.3) is 0 Å². The van der Waals surface area contributed by atoms with E-state index >= 15 is 0 Å². The van der Waals surface area contributed by atoms with Crippen molar-refractivity contribution >= 4 is 29.4 Å². The van der Waals surface area contributed by atoms with Gasteiger partial charge in [-0.25, -0.2) is 0 Å². The third kappa shape index (κ3) is 4.53. The minimum atomic E-state index is 0.191. The molecule has 0 saturated carbocycles. The van der Waals surface area contributed by atoms with Crippen LogP contribution < -0.4 is 0 Å².